The van der Waals surface area contributed by atoms with Gasteiger partial charge in [0.1, 0.15) is 0 Å². The van der Waals surface area contributed by atoms with Gasteiger partial charge in [-0.1, -0.05) is 23.2 Å². The maximum absolute atomic E-state index is 11.9. The molecule has 1 fully saturated rings. The first kappa shape index (κ1) is 17.1. The normalized spacial score (nSPS) is 18.5. The van der Waals surface area contributed by atoms with Crippen LogP contribution in [0.5, 0.6) is 0 Å². The number of carbonyl (C=O) groups is 1. The molecule has 0 unspecified atom stereocenters. The lowest BCUT2D eigenvalue weighted by Gasteiger charge is -2.15. The zero-order valence-electron chi connectivity index (χ0n) is 10.4. The Hall–Kier alpha value is -0.0000000000000000555. The Bertz CT molecular complexity index is 439. The van der Waals surface area contributed by atoms with E-state index in [1.165, 1.54) is 11.3 Å². The first-order valence-electron chi connectivity index (χ1n) is 6.03. The third kappa shape index (κ3) is 4.80. The molecule has 0 aliphatic carbocycles. The molecule has 2 rings (SSSR count). The van der Waals surface area contributed by atoms with Crippen LogP contribution in [0.3, 0.4) is 0 Å². The van der Waals surface area contributed by atoms with E-state index < -0.39 is 0 Å². The van der Waals surface area contributed by atoms with Gasteiger partial charge >= 0.3 is 0 Å². The lowest BCUT2D eigenvalue weighted by atomic mass is 10.1. The average Bonchev–Trinajstić information content (AvgIpc) is 2.86. The number of hydrogen-bond acceptors (Lipinski definition) is 3. The van der Waals surface area contributed by atoms with Crippen molar-refractivity contribution < 1.29 is 4.79 Å². The minimum Gasteiger partial charge on any atom is -0.341 e. The Labute approximate surface area is 133 Å². The summed E-state index contributed by atoms with van der Waals surface area (Å²) in [4.78, 5) is 13.7. The van der Waals surface area contributed by atoms with E-state index in [4.69, 9.17) is 28.9 Å². The number of nitrogens with two attached hydrogens (primary N) is 1. The second kappa shape index (κ2) is 7.70. The molecule has 1 amide bonds. The zero-order chi connectivity index (χ0) is 13.1. The summed E-state index contributed by atoms with van der Waals surface area (Å²) >= 11 is 13.3. The number of aryl methyl sites for hydroxylation is 1. The minimum atomic E-state index is 0. The van der Waals surface area contributed by atoms with Crippen LogP contribution in [0, 0.1) is 0 Å². The van der Waals surface area contributed by atoms with Crippen LogP contribution in [0.2, 0.25) is 8.67 Å². The van der Waals surface area contributed by atoms with E-state index in [9.17, 15) is 4.79 Å². The standard InChI is InChI=1S/C12H16Cl2N2OS.ClH/c13-10-6-8(12(14)18-10)2-1-3-11(17)16-5-4-9(15)7-16;/h6,9H,1-5,7,15H2;1H/t9-;/m1./s1. The number of amides is 1. The molecule has 1 saturated heterocycles. The van der Waals surface area contributed by atoms with Crippen LogP contribution in [0.15, 0.2) is 6.07 Å². The van der Waals surface area contributed by atoms with Gasteiger partial charge in [0.05, 0.1) is 8.67 Å². The van der Waals surface area contributed by atoms with E-state index in [1.54, 1.807) is 0 Å². The van der Waals surface area contributed by atoms with E-state index in [1.807, 2.05) is 11.0 Å². The van der Waals surface area contributed by atoms with E-state index in [0.717, 1.165) is 35.7 Å². The van der Waals surface area contributed by atoms with E-state index >= 15 is 0 Å². The third-order valence-electron chi connectivity index (χ3n) is 3.14. The number of rotatable bonds is 4. The predicted octanol–water partition coefficient (Wildman–Crippen LogP) is 3.36. The molecule has 108 valence electrons. The van der Waals surface area contributed by atoms with Gasteiger partial charge in [0.2, 0.25) is 5.91 Å². The van der Waals surface area contributed by atoms with Crippen LogP contribution in [-0.2, 0) is 11.2 Å². The molecule has 0 bridgehead atoms. The molecule has 0 spiro atoms. The Kier molecular flexibility index (Phi) is 6.91. The van der Waals surface area contributed by atoms with Crippen molar-refractivity contribution in [3.8, 4) is 0 Å². The first-order valence-corrected chi connectivity index (χ1v) is 7.60. The largest absolute Gasteiger partial charge is 0.341 e. The van der Waals surface area contributed by atoms with Crippen molar-refractivity contribution >= 4 is 52.9 Å². The van der Waals surface area contributed by atoms with Gasteiger partial charge in [-0.2, -0.15) is 0 Å². The van der Waals surface area contributed by atoms with Crippen LogP contribution in [-0.4, -0.2) is 29.9 Å². The van der Waals surface area contributed by atoms with Crippen molar-refractivity contribution in [3.63, 3.8) is 0 Å². The van der Waals surface area contributed by atoms with E-state index in [0.29, 0.717) is 17.3 Å². The highest BCUT2D eigenvalue weighted by atomic mass is 35.5. The summed E-state index contributed by atoms with van der Waals surface area (Å²) in [7, 11) is 0. The number of nitrogens with zero attached hydrogens (tertiary/aromatic N) is 1. The minimum absolute atomic E-state index is 0. The smallest absolute Gasteiger partial charge is 0.222 e. The maximum atomic E-state index is 11.9. The predicted molar refractivity (Wildman–Crippen MR) is 83.7 cm³/mol. The topological polar surface area (TPSA) is 46.3 Å². The van der Waals surface area contributed by atoms with E-state index in [-0.39, 0.29) is 24.4 Å². The molecular weight excluding hydrogens is 327 g/mol. The fraction of sp³-hybridized carbons (Fsp3) is 0.583. The molecule has 0 saturated carbocycles. The highest BCUT2D eigenvalue weighted by Crippen LogP contribution is 2.32. The lowest BCUT2D eigenvalue weighted by molar-refractivity contribution is -0.130. The number of hydrogen-bond donors (Lipinski definition) is 1. The van der Waals surface area contributed by atoms with E-state index in [2.05, 4.69) is 0 Å². The summed E-state index contributed by atoms with van der Waals surface area (Å²) in [6, 6.07) is 2.03. The summed E-state index contributed by atoms with van der Waals surface area (Å²) in [5, 5.41) is 0. The number of halogens is 3. The van der Waals surface area contributed by atoms with Crippen molar-refractivity contribution in [2.75, 3.05) is 13.1 Å². The van der Waals surface area contributed by atoms with Crippen molar-refractivity contribution in [2.24, 2.45) is 5.73 Å². The molecule has 7 heteroatoms. The monoisotopic (exact) mass is 342 g/mol. The van der Waals surface area contributed by atoms with Gasteiger partial charge in [-0.05, 0) is 30.9 Å². The second-order valence-corrected chi connectivity index (χ2v) is 6.88. The molecule has 19 heavy (non-hydrogen) atoms. The maximum Gasteiger partial charge on any atom is 0.222 e. The van der Waals surface area contributed by atoms with Gasteiger partial charge < -0.3 is 10.6 Å². The summed E-state index contributed by atoms with van der Waals surface area (Å²) in [6.45, 7) is 1.49. The van der Waals surface area contributed by atoms with Gasteiger partial charge in [0.25, 0.3) is 0 Å². The average molecular weight is 344 g/mol. The second-order valence-electron chi connectivity index (χ2n) is 4.59. The van der Waals surface area contributed by atoms with Crippen LogP contribution in [0.4, 0.5) is 0 Å². The van der Waals surface area contributed by atoms with Crippen LogP contribution in [0.1, 0.15) is 24.8 Å². The number of carbonyl (C=O) groups excluding carboxylic acids is 1. The Morgan fingerprint density at radius 2 is 2.26 bits per heavy atom. The fourth-order valence-corrected chi connectivity index (χ4v) is 3.69. The molecule has 1 aliphatic rings. The number of thiophene rings is 1. The molecule has 1 aromatic rings. The van der Waals surface area contributed by atoms with Crippen LogP contribution < -0.4 is 5.73 Å². The Morgan fingerprint density at radius 3 is 2.79 bits per heavy atom. The lowest BCUT2D eigenvalue weighted by Crippen LogP contribution is -2.31. The van der Waals surface area contributed by atoms with Gasteiger partial charge in [0, 0.05) is 25.6 Å². The van der Waals surface area contributed by atoms with Crippen LogP contribution in [0.25, 0.3) is 0 Å². The summed E-state index contributed by atoms with van der Waals surface area (Å²) in [5.41, 5.74) is 6.82. The summed E-state index contributed by atoms with van der Waals surface area (Å²) in [5.74, 6) is 0.195. The van der Waals surface area contributed by atoms with Crippen molar-refractivity contribution in [1.82, 2.24) is 4.90 Å². The SMILES string of the molecule is Cl.N[C@@H]1CCN(C(=O)CCCc2cc(Cl)sc2Cl)C1. The molecule has 2 N–H and O–H groups in total. The molecule has 0 radical (unpaired) electrons. The zero-order valence-corrected chi connectivity index (χ0v) is 13.5. The molecule has 0 aromatic carbocycles. The summed E-state index contributed by atoms with van der Waals surface area (Å²) in [6.07, 6.45) is 3.07. The molecular formula is C12H17Cl3N2OS. The third-order valence-corrected chi connectivity index (χ3v) is 4.71. The number of likely N-dealkylation sites (tertiary alicyclic amines) is 1. The van der Waals surface area contributed by atoms with Gasteiger partial charge in [-0.25, -0.2) is 0 Å². The quantitative estimate of drug-likeness (QED) is 0.911. The van der Waals surface area contributed by atoms with Crippen molar-refractivity contribution in [3.05, 3.63) is 20.3 Å². The Morgan fingerprint density at radius 1 is 1.53 bits per heavy atom. The fourth-order valence-electron chi connectivity index (χ4n) is 2.15. The van der Waals surface area contributed by atoms with Gasteiger partial charge in [-0.3, -0.25) is 4.79 Å². The van der Waals surface area contributed by atoms with Crippen molar-refractivity contribution in [1.29, 1.82) is 0 Å². The molecule has 2 heterocycles. The van der Waals surface area contributed by atoms with Crippen LogP contribution >= 0.6 is 46.9 Å². The Balaban J connectivity index is 0.00000180. The van der Waals surface area contributed by atoms with Gasteiger partial charge in [0.15, 0.2) is 0 Å². The molecule has 1 aromatic heterocycles. The van der Waals surface area contributed by atoms with Crippen molar-refractivity contribution in [2.45, 2.75) is 31.7 Å². The highest BCUT2D eigenvalue weighted by Gasteiger charge is 2.22. The summed E-state index contributed by atoms with van der Waals surface area (Å²) < 4.78 is 1.43. The molecule has 3 nitrogen and oxygen atoms in total. The van der Waals surface area contributed by atoms with Gasteiger partial charge in [-0.15, -0.1) is 23.7 Å². The first-order chi connectivity index (χ1) is 8.56. The highest BCUT2D eigenvalue weighted by molar-refractivity contribution is 7.20. The molecule has 1 aliphatic heterocycles. The molecule has 1 atom stereocenters.